The van der Waals surface area contributed by atoms with Crippen molar-refractivity contribution in [2.45, 2.75) is 42.4 Å². The van der Waals surface area contributed by atoms with Crippen molar-refractivity contribution in [3.8, 4) is 11.1 Å². The number of hydrogen-bond acceptors (Lipinski definition) is 7. The molecule has 0 bridgehead atoms. The average molecular weight is 533 g/mol. The highest BCUT2D eigenvalue weighted by molar-refractivity contribution is 6.02. The van der Waals surface area contributed by atoms with E-state index in [0.717, 1.165) is 16.0 Å². The van der Waals surface area contributed by atoms with Crippen LogP contribution < -0.4 is 21.3 Å². The smallest absolute Gasteiger partial charge is 0.251 e. The number of amides is 3. The van der Waals surface area contributed by atoms with Gasteiger partial charge >= 0.3 is 0 Å². The molecule has 4 saturated heterocycles. The van der Waals surface area contributed by atoms with Gasteiger partial charge in [0.05, 0.1) is 18.6 Å². The predicted octanol–water partition coefficient (Wildman–Crippen LogP) is -1.30. The highest BCUT2D eigenvalue weighted by Gasteiger charge is 2.74. The molecule has 4 atom stereocenters. The van der Waals surface area contributed by atoms with Crippen LogP contribution in [0.15, 0.2) is 54.6 Å². The molecule has 202 valence electrons. The van der Waals surface area contributed by atoms with Crippen LogP contribution in [-0.4, -0.2) is 92.3 Å². The Balaban J connectivity index is 1.28. The fraction of sp³-hybridized carbons (Fsp3) is 0.346. The summed E-state index contributed by atoms with van der Waals surface area (Å²) in [7, 11) is 0. The van der Waals surface area contributed by atoms with Crippen LogP contribution in [-0.2, 0) is 9.59 Å². The number of nitrogens with one attached hydrogen (secondary N) is 6. The maximum absolute atomic E-state index is 13.3. The monoisotopic (exact) mass is 532 g/mol. The minimum atomic E-state index is -2.66. The summed E-state index contributed by atoms with van der Waals surface area (Å²) in [5, 5.41) is 51.3. The highest BCUT2D eigenvalue weighted by Crippen LogP contribution is 2.43. The number of likely N-dealkylation sites (tertiary alicyclic amines) is 1. The van der Waals surface area contributed by atoms with Crippen molar-refractivity contribution in [2.75, 3.05) is 13.1 Å². The number of carbonyl (C=O) groups excluding carboxylic acids is 3. The van der Waals surface area contributed by atoms with Crippen molar-refractivity contribution >= 4 is 29.6 Å². The lowest BCUT2D eigenvalue weighted by Gasteiger charge is -2.51. The van der Waals surface area contributed by atoms with Gasteiger partial charge in [-0.2, -0.15) is 0 Å². The quantitative estimate of drug-likeness (QED) is 0.171. The number of imide groups is 1. The molecule has 4 heterocycles. The average Bonchev–Trinajstić information content (AvgIpc) is 3.52. The van der Waals surface area contributed by atoms with Gasteiger partial charge < -0.3 is 36.4 Å². The second-order valence-electron chi connectivity index (χ2n) is 10.2. The lowest BCUT2D eigenvalue weighted by molar-refractivity contribution is -0.232. The molecule has 13 heteroatoms. The third-order valence-corrected chi connectivity index (χ3v) is 7.97. The van der Waals surface area contributed by atoms with Crippen LogP contribution in [0, 0.1) is 10.8 Å². The van der Waals surface area contributed by atoms with Gasteiger partial charge in [-0.3, -0.25) is 30.1 Å². The zero-order chi connectivity index (χ0) is 27.5. The molecule has 13 nitrogen and oxygen atoms in total. The Morgan fingerprint density at radius 2 is 1.69 bits per heavy atom. The first-order valence-corrected chi connectivity index (χ1v) is 12.6. The Morgan fingerprint density at radius 3 is 2.41 bits per heavy atom. The molecule has 1 spiro atoms. The van der Waals surface area contributed by atoms with Crippen LogP contribution in [0.25, 0.3) is 11.1 Å². The number of rotatable bonds is 5. The van der Waals surface area contributed by atoms with Crippen molar-refractivity contribution in [3.63, 3.8) is 0 Å². The molecule has 2 aromatic rings. The first-order chi connectivity index (χ1) is 18.6. The predicted molar refractivity (Wildman–Crippen MR) is 138 cm³/mol. The fourth-order valence-electron chi connectivity index (χ4n) is 6.07. The van der Waals surface area contributed by atoms with Crippen LogP contribution in [0.4, 0.5) is 0 Å². The van der Waals surface area contributed by atoms with E-state index >= 15 is 0 Å². The van der Waals surface area contributed by atoms with E-state index in [2.05, 4.69) is 21.3 Å². The van der Waals surface area contributed by atoms with Crippen LogP contribution >= 0.6 is 0 Å². The van der Waals surface area contributed by atoms with Crippen molar-refractivity contribution in [1.29, 1.82) is 10.8 Å². The molecule has 4 aliphatic rings. The summed E-state index contributed by atoms with van der Waals surface area (Å²) in [5.41, 5.74) is 0.228. The summed E-state index contributed by atoms with van der Waals surface area (Å²) in [5.74, 6) is -4.32. The summed E-state index contributed by atoms with van der Waals surface area (Å²) in [6, 6.07) is 13.4. The van der Waals surface area contributed by atoms with E-state index < -0.39 is 35.5 Å². The van der Waals surface area contributed by atoms with Gasteiger partial charge in [0.1, 0.15) is 6.04 Å². The van der Waals surface area contributed by atoms with Crippen LogP contribution in [0.5, 0.6) is 0 Å². The zero-order valence-electron chi connectivity index (χ0n) is 20.8. The van der Waals surface area contributed by atoms with Crippen LogP contribution in [0.3, 0.4) is 0 Å². The molecule has 0 aromatic heterocycles. The minimum Gasteiger partial charge on any atom is -0.361 e. The minimum absolute atomic E-state index is 0.0932. The molecule has 3 amide bonds. The van der Waals surface area contributed by atoms with Crippen molar-refractivity contribution in [2.24, 2.45) is 0 Å². The summed E-state index contributed by atoms with van der Waals surface area (Å²) >= 11 is 0. The summed E-state index contributed by atoms with van der Waals surface area (Å²) < 4.78 is 0. The van der Waals surface area contributed by atoms with E-state index in [0.29, 0.717) is 5.56 Å². The van der Waals surface area contributed by atoms with E-state index in [1.165, 1.54) is 4.90 Å². The second kappa shape index (κ2) is 8.78. The van der Waals surface area contributed by atoms with Crippen molar-refractivity contribution in [1.82, 2.24) is 31.1 Å². The number of aliphatic hydroxyl groups is 2. The van der Waals surface area contributed by atoms with E-state index in [-0.39, 0.29) is 49.7 Å². The third kappa shape index (κ3) is 3.72. The highest BCUT2D eigenvalue weighted by atomic mass is 16.5. The van der Waals surface area contributed by atoms with Crippen molar-refractivity contribution in [3.05, 3.63) is 60.2 Å². The lowest BCUT2D eigenvalue weighted by Crippen LogP contribution is -2.81. The maximum Gasteiger partial charge on any atom is 0.251 e. The van der Waals surface area contributed by atoms with Gasteiger partial charge in [0, 0.05) is 24.9 Å². The summed E-state index contributed by atoms with van der Waals surface area (Å²) in [6.07, 6.45) is 0.186. The molecular formula is C26H28N8O5. The summed E-state index contributed by atoms with van der Waals surface area (Å²) in [6.45, 7) is -0.280. The van der Waals surface area contributed by atoms with Gasteiger partial charge in [0.25, 0.3) is 5.91 Å². The summed E-state index contributed by atoms with van der Waals surface area (Å²) in [4.78, 5) is 40.3. The number of hydrogen-bond donors (Lipinski definition) is 8. The van der Waals surface area contributed by atoms with E-state index in [9.17, 15) is 24.6 Å². The SMILES string of the molecule is N=C1N[C@H]2[C@H](CN3C(=O)CCC3=O)NC(=N)N3CC(NC(=O)c4cccc(-c5ccccc5)c4)C(O)(O)[C@]23N1. The fourth-order valence-corrected chi connectivity index (χ4v) is 6.07. The lowest BCUT2D eigenvalue weighted by atomic mass is 9.84. The van der Waals surface area contributed by atoms with Crippen LogP contribution in [0.1, 0.15) is 23.2 Å². The zero-order valence-corrected chi connectivity index (χ0v) is 20.8. The Morgan fingerprint density at radius 1 is 1.00 bits per heavy atom. The van der Waals surface area contributed by atoms with Crippen molar-refractivity contribution < 1.29 is 24.6 Å². The number of carbonyl (C=O) groups is 3. The molecule has 8 N–H and O–H groups in total. The molecule has 6 rings (SSSR count). The largest absolute Gasteiger partial charge is 0.361 e. The first kappa shape index (κ1) is 24.8. The van der Waals surface area contributed by atoms with E-state index in [1.54, 1.807) is 18.2 Å². The Hall–Kier alpha value is -4.49. The third-order valence-electron chi connectivity index (χ3n) is 7.97. The molecular weight excluding hydrogens is 504 g/mol. The standard InChI is InChI=1S/C26H28N8O5/c27-23-31-21-17(12-33-19(35)9-10-20(33)36)29-24(28)34-13-18(26(38,39)25(21,34)32-23)30-22(37)16-8-4-7-15(11-16)14-5-2-1-3-6-14/h1-8,11,17-18,21,38-39H,9-10,12-13H2,(H2,28,29)(H,30,37)(H3,27,31,32)/t17-,18?,21-,25-/m0/s1. The molecule has 1 unspecified atom stereocenters. The van der Waals surface area contributed by atoms with Gasteiger partial charge in [-0.1, -0.05) is 42.5 Å². The Kier molecular flexibility index (Phi) is 5.59. The van der Waals surface area contributed by atoms with Gasteiger partial charge in [0.15, 0.2) is 17.6 Å². The van der Waals surface area contributed by atoms with Gasteiger partial charge in [-0.05, 0) is 23.3 Å². The van der Waals surface area contributed by atoms with Gasteiger partial charge in [-0.25, -0.2) is 0 Å². The molecule has 0 saturated carbocycles. The first-order valence-electron chi connectivity index (χ1n) is 12.6. The second-order valence-corrected chi connectivity index (χ2v) is 10.2. The van der Waals surface area contributed by atoms with E-state index in [1.807, 2.05) is 36.4 Å². The molecule has 2 aromatic carbocycles. The van der Waals surface area contributed by atoms with E-state index in [4.69, 9.17) is 10.8 Å². The number of guanidine groups is 2. The normalized spacial score (nSPS) is 28.9. The molecule has 0 radical (unpaired) electrons. The van der Waals surface area contributed by atoms with Gasteiger partial charge in [-0.15, -0.1) is 0 Å². The topological polar surface area (TPSA) is 194 Å². The Labute approximate surface area is 223 Å². The molecule has 39 heavy (non-hydrogen) atoms. The number of nitrogens with zero attached hydrogens (tertiary/aromatic N) is 2. The van der Waals surface area contributed by atoms with Crippen LogP contribution in [0.2, 0.25) is 0 Å². The molecule has 4 aliphatic heterocycles. The number of benzene rings is 2. The van der Waals surface area contributed by atoms with Gasteiger partial charge in [0.2, 0.25) is 17.6 Å². The Bertz CT molecular complexity index is 1380. The molecule has 0 aliphatic carbocycles. The maximum atomic E-state index is 13.3. The molecule has 4 fully saturated rings.